The second-order valence-corrected chi connectivity index (χ2v) is 4.49. The van der Waals surface area contributed by atoms with Crippen LogP contribution < -0.4 is 5.73 Å². The van der Waals surface area contributed by atoms with Crippen LogP contribution >= 0.6 is 23.7 Å². The summed E-state index contributed by atoms with van der Waals surface area (Å²) in [4.78, 5) is 7.38. The van der Waals surface area contributed by atoms with Crippen molar-refractivity contribution in [1.29, 1.82) is 0 Å². The maximum atomic E-state index is 9.30. The van der Waals surface area contributed by atoms with E-state index < -0.39 is 0 Å². The molecule has 0 saturated carbocycles. The van der Waals surface area contributed by atoms with Gasteiger partial charge >= 0.3 is 0 Å². The topological polar surface area (TPSA) is 62.4 Å². The van der Waals surface area contributed by atoms with Crippen LogP contribution in [0.2, 0.25) is 0 Å². The first-order chi connectivity index (χ1) is 6.24. The number of aliphatic hydroxyl groups is 1. The molecule has 0 radical (unpaired) electrons. The largest absolute Gasteiger partial charge is 0.392 e. The first kappa shape index (κ1) is 11.7. The molecular formula is C8H14ClN3OS. The predicted molar refractivity (Wildman–Crippen MR) is 59.7 cm³/mol. The number of β-amino-alcohol motifs (C(OH)–C–C–N with tert-alkyl or cyclic N) is 1. The van der Waals surface area contributed by atoms with E-state index >= 15 is 0 Å². The molecule has 0 aromatic carbocycles. The van der Waals surface area contributed by atoms with E-state index in [1.165, 1.54) is 16.2 Å². The monoisotopic (exact) mass is 235 g/mol. The highest BCUT2D eigenvalue weighted by Gasteiger charge is 2.20. The summed E-state index contributed by atoms with van der Waals surface area (Å²) >= 11 is 1.52. The molecule has 1 aromatic rings. The van der Waals surface area contributed by atoms with Crippen molar-refractivity contribution < 1.29 is 5.11 Å². The summed E-state index contributed by atoms with van der Waals surface area (Å²) in [6.07, 6.45) is 2.55. The van der Waals surface area contributed by atoms with E-state index in [9.17, 15) is 5.11 Å². The fourth-order valence-corrected chi connectivity index (χ4v) is 2.30. The smallest absolute Gasteiger partial charge is 0.180 e. The average molecular weight is 236 g/mol. The zero-order valence-electron chi connectivity index (χ0n) is 7.72. The standard InChI is InChI=1S/C8H13N3OS.ClH/c9-8-10-3-7(13-8)5-11-2-1-6(12)4-11;/h3,6,12H,1-2,4-5H2,(H2,9,10);1H/t6-;/m1./s1. The van der Waals surface area contributed by atoms with E-state index in [4.69, 9.17) is 5.73 Å². The van der Waals surface area contributed by atoms with Gasteiger partial charge in [0.2, 0.25) is 0 Å². The molecule has 1 aromatic heterocycles. The van der Waals surface area contributed by atoms with Gasteiger partial charge in [-0.3, -0.25) is 4.90 Å². The summed E-state index contributed by atoms with van der Waals surface area (Å²) in [6, 6.07) is 0. The van der Waals surface area contributed by atoms with Crippen molar-refractivity contribution in [2.24, 2.45) is 0 Å². The lowest BCUT2D eigenvalue weighted by atomic mass is 10.3. The summed E-state index contributed by atoms with van der Waals surface area (Å²) in [5.74, 6) is 0. The Kier molecular flexibility index (Phi) is 4.12. The van der Waals surface area contributed by atoms with Crippen LogP contribution in [0.3, 0.4) is 0 Å². The van der Waals surface area contributed by atoms with E-state index in [2.05, 4.69) is 9.88 Å². The van der Waals surface area contributed by atoms with Crippen LogP contribution in [0.5, 0.6) is 0 Å². The van der Waals surface area contributed by atoms with E-state index in [0.29, 0.717) is 5.13 Å². The molecule has 0 unspecified atom stereocenters. The zero-order chi connectivity index (χ0) is 9.26. The Hall–Kier alpha value is -0.360. The molecule has 0 bridgehead atoms. The molecule has 6 heteroatoms. The number of aromatic nitrogens is 1. The summed E-state index contributed by atoms with van der Waals surface area (Å²) in [5.41, 5.74) is 5.52. The molecule has 0 amide bonds. The van der Waals surface area contributed by atoms with Gasteiger partial charge in [0.15, 0.2) is 5.13 Å². The van der Waals surface area contributed by atoms with Gasteiger partial charge in [0, 0.05) is 30.7 Å². The number of hydrogen-bond donors (Lipinski definition) is 2. The highest BCUT2D eigenvalue weighted by molar-refractivity contribution is 7.15. The van der Waals surface area contributed by atoms with Crippen LogP contribution in [0.15, 0.2) is 6.20 Å². The van der Waals surface area contributed by atoms with Crippen molar-refractivity contribution in [3.63, 3.8) is 0 Å². The van der Waals surface area contributed by atoms with Crippen LogP contribution in [0.1, 0.15) is 11.3 Å². The number of nitrogens with two attached hydrogens (primary N) is 1. The second kappa shape index (κ2) is 4.93. The van der Waals surface area contributed by atoms with Crippen LogP contribution in [0.4, 0.5) is 5.13 Å². The molecule has 80 valence electrons. The molecule has 1 aliphatic heterocycles. The maximum Gasteiger partial charge on any atom is 0.180 e. The first-order valence-corrected chi connectivity index (χ1v) is 5.16. The van der Waals surface area contributed by atoms with E-state index in [-0.39, 0.29) is 18.5 Å². The van der Waals surface area contributed by atoms with E-state index in [1.807, 2.05) is 6.20 Å². The Balaban J connectivity index is 0.000000980. The maximum absolute atomic E-state index is 9.30. The fourth-order valence-electron chi connectivity index (χ4n) is 1.57. The third kappa shape index (κ3) is 2.81. The van der Waals surface area contributed by atoms with Gasteiger partial charge in [-0.15, -0.1) is 23.7 Å². The summed E-state index contributed by atoms with van der Waals surface area (Å²) < 4.78 is 0. The lowest BCUT2D eigenvalue weighted by molar-refractivity contribution is 0.175. The van der Waals surface area contributed by atoms with E-state index in [1.54, 1.807) is 0 Å². The Morgan fingerprint density at radius 2 is 2.50 bits per heavy atom. The molecule has 4 nitrogen and oxygen atoms in total. The van der Waals surface area contributed by atoms with Crippen LogP contribution in [-0.4, -0.2) is 34.2 Å². The molecule has 1 fully saturated rings. The number of likely N-dealkylation sites (tertiary alicyclic amines) is 1. The van der Waals surface area contributed by atoms with Gasteiger partial charge in [0.25, 0.3) is 0 Å². The molecule has 1 aliphatic rings. The van der Waals surface area contributed by atoms with Crippen molar-refractivity contribution in [3.8, 4) is 0 Å². The van der Waals surface area contributed by atoms with Gasteiger partial charge < -0.3 is 10.8 Å². The third-order valence-electron chi connectivity index (χ3n) is 2.20. The average Bonchev–Trinajstić information content (AvgIpc) is 2.62. The quantitative estimate of drug-likeness (QED) is 0.793. The molecule has 3 N–H and O–H groups in total. The minimum absolute atomic E-state index is 0. The summed E-state index contributed by atoms with van der Waals surface area (Å²) in [6.45, 7) is 2.61. The highest BCUT2D eigenvalue weighted by Crippen LogP contribution is 2.19. The third-order valence-corrected chi connectivity index (χ3v) is 3.01. The van der Waals surface area contributed by atoms with Crippen molar-refractivity contribution in [1.82, 2.24) is 9.88 Å². The number of anilines is 1. The molecular weight excluding hydrogens is 222 g/mol. The number of nitrogens with zero attached hydrogens (tertiary/aromatic N) is 2. The second-order valence-electron chi connectivity index (χ2n) is 3.34. The van der Waals surface area contributed by atoms with Gasteiger partial charge in [0.1, 0.15) is 0 Å². The van der Waals surface area contributed by atoms with Gasteiger partial charge in [-0.25, -0.2) is 4.98 Å². The normalized spacial score (nSPS) is 22.2. The van der Waals surface area contributed by atoms with Crippen LogP contribution in [0.25, 0.3) is 0 Å². The lowest BCUT2D eigenvalue weighted by Crippen LogP contribution is -2.20. The lowest BCUT2D eigenvalue weighted by Gasteiger charge is -2.12. The van der Waals surface area contributed by atoms with Gasteiger partial charge in [-0.05, 0) is 6.42 Å². The molecule has 14 heavy (non-hydrogen) atoms. The van der Waals surface area contributed by atoms with Gasteiger partial charge in [-0.1, -0.05) is 0 Å². The number of rotatable bonds is 2. The minimum atomic E-state index is -0.148. The number of hydrogen-bond acceptors (Lipinski definition) is 5. The Bertz CT molecular complexity index is 294. The summed E-state index contributed by atoms with van der Waals surface area (Å²) in [7, 11) is 0. The Morgan fingerprint density at radius 1 is 1.71 bits per heavy atom. The van der Waals surface area contributed by atoms with Gasteiger partial charge in [0.05, 0.1) is 6.10 Å². The number of aliphatic hydroxyl groups excluding tert-OH is 1. The zero-order valence-corrected chi connectivity index (χ0v) is 9.35. The van der Waals surface area contributed by atoms with Crippen LogP contribution in [0, 0.1) is 0 Å². The van der Waals surface area contributed by atoms with E-state index in [0.717, 1.165) is 26.1 Å². The van der Waals surface area contributed by atoms with Crippen molar-refractivity contribution in [2.45, 2.75) is 19.1 Å². The highest BCUT2D eigenvalue weighted by atomic mass is 35.5. The minimum Gasteiger partial charge on any atom is -0.392 e. The molecule has 1 saturated heterocycles. The van der Waals surface area contributed by atoms with Crippen molar-refractivity contribution in [3.05, 3.63) is 11.1 Å². The molecule has 1 atom stereocenters. The van der Waals surface area contributed by atoms with Gasteiger partial charge in [-0.2, -0.15) is 0 Å². The molecule has 2 rings (SSSR count). The summed E-state index contributed by atoms with van der Waals surface area (Å²) in [5, 5.41) is 9.92. The Labute approximate surface area is 93.2 Å². The molecule has 0 aliphatic carbocycles. The number of nitrogen functional groups attached to an aromatic ring is 1. The molecule has 0 spiro atoms. The van der Waals surface area contributed by atoms with Crippen LogP contribution in [-0.2, 0) is 6.54 Å². The fraction of sp³-hybridized carbons (Fsp3) is 0.625. The first-order valence-electron chi connectivity index (χ1n) is 4.34. The predicted octanol–water partition coefficient (Wildman–Crippen LogP) is 0.714. The SMILES string of the molecule is Cl.Nc1ncc(CN2CC[C@@H](O)C2)s1. The number of thiazole rings is 1. The number of halogens is 1. The Morgan fingerprint density at radius 3 is 3.00 bits per heavy atom. The van der Waals surface area contributed by atoms with Crippen molar-refractivity contribution >= 4 is 28.9 Å². The molecule has 2 heterocycles. The van der Waals surface area contributed by atoms with Crippen molar-refractivity contribution in [2.75, 3.05) is 18.8 Å².